The van der Waals surface area contributed by atoms with E-state index in [1.54, 1.807) is 0 Å². The standard InChI is InChI=1S/C18H31N/c1-3-4-11-18(14-19)12-9-17(10-13-18)16-7-5-15(2)6-8-16/h15-17H,3-13H2,1-2H3. The van der Waals surface area contributed by atoms with E-state index in [0.717, 1.165) is 24.2 Å². The van der Waals surface area contributed by atoms with Crippen molar-refractivity contribution in [3.8, 4) is 6.07 Å². The lowest BCUT2D eigenvalue weighted by molar-refractivity contribution is 0.119. The lowest BCUT2D eigenvalue weighted by Crippen LogP contribution is -2.30. The van der Waals surface area contributed by atoms with Gasteiger partial charge >= 0.3 is 0 Å². The summed E-state index contributed by atoms with van der Waals surface area (Å²) in [7, 11) is 0. The van der Waals surface area contributed by atoms with Crippen LogP contribution in [0.25, 0.3) is 0 Å². The highest BCUT2D eigenvalue weighted by Crippen LogP contribution is 2.47. The molecule has 0 bridgehead atoms. The Hall–Kier alpha value is -0.510. The van der Waals surface area contributed by atoms with Crippen LogP contribution in [0.2, 0.25) is 0 Å². The molecule has 0 aromatic carbocycles. The van der Waals surface area contributed by atoms with Crippen LogP contribution < -0.4 is 0 Å². The fraction of sp³-hybridized carbons (Fsp3) is 0.944. The highest BCUT2D eigenvalue weighted by Gasteiger charge is 2.37. The monoisotopic (exact) mass is 261 g/mol. The van der Waals surface area contributed by atoms with E-state index >= 15 is 0 Å². The molecule has 108 valence electrons. The molecule has 0 radical (unpaired) electrons. The van der Waals surface area contributed by atoms with E-state index in [0.29, 0.717) is 0 Å². The smallest absolute Gasteiger partial charge is 0.0689 e. The molecule has 0 aromatic heterocycles. The van der Waals surface area contributed by atoms with E-state index in [2.05, 4.69) is 19.9 Å². The summed E-state index contributed by atoms with van der Waals surface area (Å²) in [5.74, 6) is 2.89. The van der Waals surface area contributed by atoms with E-state index in [1.165, 1.54) is 64.2 Å². The lowest BCUT2D eigenvalue weighted by Gasteiger charge is -2.40. The third-order valence-electron chi connectivity index (χ3n) is 5.96. The van der Waals surface area contributed by atoms with Gasteiger partial charge in [-0.05, 0) is 62.7 Å². The van der Waals surface area contributed by atoms with Crippen molar-refractivity contribution in [2.45, 2.75) is 84.5 Å². The third kappa shape index (κ3) is 3.74. The lowest BCUT2D eigenvalue weighted by atomic mass is 9.64. The van der Waals surface area contributed by atoms with Gasteiger partial charge in [0.1, 0.15) is 0 Å². The van der Waals surface area contributed by atoms with Crippen LogP contribution in [0.3, 0.4) is 0 Å². The van der Waals surface area contributed by atoms with Crippen LogP contribution in [-0.4, -0.2) is 0 Å². The zero-order chi connectivity index (χ0) is 13.7. The fourth-order valence-corrected chi connectivity index (χ4v) is 4.35. The van der Waals surface area contributed by atoms with Crippen molar-refractivity contribution in [2.75, 3.05) is 0 Å². The fourth-order valence-electron chi connectivity index (χ4n) is 4.35. The Morgan fingerprint density at radius 1 is 1.00 bits per heavy atom. The van der Waals surface area contributed by atoms with Crippen molar-refractivity contribution < 1.29 is 0 Å². The Morgan fingerprint density at radius 2 is 1.58 bits per heavy atom. The summed E-state index contributed by atoms with van der Waals surface area (Å²) in [6.45, 7) is 4.64. The molecule has 0 aromatic rings. The average molecular weight is 261 g/mol. The second kappa shape index (κ2) is 6.78. The van der Waals surface area contributed by atoms with Gasteiger partial charge in [-0.1, -0.05) is 39.5 Å². The maximum atomic E-state index is 9.55. The van der Waals surface area contributed by atoms with E-state index in [4.69, 9.17) is 0 Å². The first-order chi connectivity index (χ1) is 9.19. The van der Waals surface area contributed by atoms with Gasteiger partial charge < -0.3 is 0 Å². The van der Waals surface area contributed by atoms with Crippen molar-refractivity contribution in [2.24, 2.45) is 23.2 Å². The molecule has 1 heteroatoms. The summed E-state index contributed by atoms with van der Waals surface area (Å²) in [4.78, 5) is 0. The molecule has 2 fully saturated rings. The second-order valence-corrected chi connectivity index (χ2v) is 7.35. The Bertz CT molecular complexity index is 298. The van der Waals surface area contributed by atoms with E-state index in [1.807, 2.05) is 0 Å². The average Bonchev–Trinajstić information content (AvgIpc) is 2.47. The zero-order valence-electron chi connectivity index (χ0n) is 13.0. The van der Waals surface area contributed by atoms with E-state index in [-0.39, 0.29) is 5.41 Å². The van der Waals surface area contributed by atoms with E-state index < -0.39 is 0 Å². The number of nitriles is 1. The van der Waals surface area contributed by atoms with Crippen LogP contribution in [0, 0.1) is 34.5 Å². The minimum absolute atomic E-state index is 0.0501. The molecule has 0 amide bonds. The molecular weight excluding hydrogens is 230 g/mol. The summed E-state index contributed by atoms with van der Waals surface area (Å²) >= 11 is 0. The minimum Gasteiger partial charge on any atom is -0.198 e. The molecule has 0 spiro atoms. The molecule has 0 saturated heterocycles. The molecule has 0 unspecified atom stereocenters. The first-order valence-corrected chi connectivity index (χ1v) is 8.60. The van der Waals surface area contributed by atoms with Crippen LogP contribution in [-0.2, 0) is 0 Å². The van der Waals surface area contributed by atoms with Crippen LogP contribution in [0.4, 0.5) is 0 Å². The first kappa shape index (κ1) is 14.9. The van der Waals surface area contributed by atoms with Crippen molar-refractivity contribution in [3.63, 3.8) is 0 Å². The molecule has 2 saturated carbocycles. The van der Waals surface area contributed by atoms with Gasteiger partial charge in [-0.2, -0.15) is 5.26 Å². The number of unbranched alkanes of at least 4 members (excludes halogenated alkanes) is 1. The molecule has 2 rings (SSSR count). The van der Waals surface area contributed by atoms with Crippen LogP contribution in [0.5, 0.6) is 0 Å². The highest BCUT2D eigenvalue weighted by atomic mass is 14.4. The molecule has 2 aliphatic carbocycles. The van der Waals surface area contributed by atoms with Gasteiger partial charge in [-0.15, -0.1) is 0 Å². The molecular formula is C18H31N. The number of rotatable bonds is 4. The van der Waals surface area contributed by atoms with Gasteiger partial charge in [-0.25, -0.2) is 0 Å². The topological polar surface area (TPSA) is 23.8 Å². The molecule has 1 nitrogen and oxygen atoms in total. The second-order valence-electron chi connectivity index (χ2n) is 7.35. The zero-order valence-corrected chi connectivity index (χ0v) is 13.0. The summed E-state index contributed by atoms with van der Waals surface area (Å²) in [5, 5.41) is 9.55. The van der Waals surface area contributed by atoms with Gasteiger partial charge in [0, 0.05) is 0 Å². The van der Waals surface area contributed by atoms with Gasteiger partial charge in [0.25, 0.3) is 0 Å². The summed E-state index contributed by atoms with van der Waals surface area (Å²) in [6, 6.07) is 2.68. The Kier molecular flexibility index (Phi) is 5.31. The van der Waals surface area contributed by atoms with E-state index in [9.17, 15) is 5.26 Å². The number of hydrogen-bond acceptors (Lipinski definition) is 1. The molecule has 0 N–H and O–H groups in total. The number of nitrogens with zero attached hydrogens (tertiary/aromatic N) is 1. The first-order valence-electron chi connectivity index (χ1n) is 8.60. The quantitative estimate of drug-likeness (QED) is 0.636. The maximum absolute atomic E-state index is 9.55. The van der Waals surface area contributed by atoms with Crippen molar-refractivity contribution in [1.29, 1.82) is 5.26 Å². The molecule has 2 aliphatic rings. The van der Waals surface area contributed by atoms with Crippen LogP contribution >= 0.6 is 0 Å². The predicted molar refractivity (Wildman–Crippen MR) is 80.7 cm³/mol. The molecule has 0 heterocycles. The summed E-state index contributed by atoms with van der Waals surface area (Å²) in [6.07, 6.45) is 14.4. The van der Waals surface area contributed by atoms with Crippen LogP contribution in [0.15, 0.2) is 0 Å². The van der Waals surface area contributed by atoms with Gasteiger partial charge in [0.2, 0.25) is 0 Å². The van der Waals surface area contributed by atoms with Gasteiger partial charge in [-0.3, -0.25) is 0 Å². The summed E-state index contributed by atoms with van der Waals surface area (Å²) < 4.78 is 0. The number of hydrogen-bond donors (Lipinski definition) is 0. The summed E-state index contributed by atoms with van der Waals surface area (Å²) in [5.41, 5.74) is 0.0501. The molecule has 0 atom stereocenters. The molecule has 19 heavy (non-hydrogen) atoms. The predicted octanol–water partition coefficient (Wildman–Crippen LogP) is 5.70. The normalized spacial score (nSPS) is 39.7. The third-order valence-corrected chi connectivity index (χ3v) is 5.96. The van der Waals surface area contributed by atoms with Crippen molar-refractivity contribution in [3.05, 3.63) is 0 Å². The highest BCUT2D eigenvalue weighted by molar-refractivity contribution is 5.02. The largest absolute Gasteiger partial charge is 0.198 e. The van der Waals surface area contributed by atoms with Crippen molar-refractivity contribution in [1.82, 2.24) is 0 Å². The minimum atomic E-state index is 0.0501. The molecule has 0 aliphatic heterocycles. The van der Waals surface area contributed by atoms with Crippen molar-refractivity contribution >= 4 is 0 Å². The SMILES string of the molecule is CCCCC1(C#N)CCC(C2CCC(C)CC2)CC1. The van der Waals surface area contributed by atoms with Crippen LogP contribution in [0.1, 0.15) is 84.5 Å². The maximum Gasteiger partial charge on any atom is 0.0689 e. The Labute approximate surface area is 119 Å². The Balaban J connectivity index is 1.82. The van der Waals surface area contributed by atoms with Gasteiger partial charge in [0.05, 0.1) is 11.5 Å². The van der Waals surface area contributed by atoms with Gasteiger partial charge in [0.15, 0.2) is 0 Å². The Morgan fingerprint density at radius 3 is 2.11 bits per heavy atom.